The molecule has 0 unspecified atom stereocenters. The number of H-pyrrole nitrogens is 1. The average Bonchev–Trinajstić information content (AvgIpc) is 1.93. The van der Waals surface area contributed by atoms with Crippen LogP contribution in [0.1, 0.15) is 0 Å². The summed E-state index contributed by atoms with van der Waals surface area (Å²) >= 11 is 0. The zero-order chi connectivity index (χ0) is 10.1. The minimum Gasteiger partial charge on any atom is -0.400 e. The summed E-state index contributed by atoms with van der Waals surface area (Å²) in [5.41, 5.74) is 4.08. The van der Waals surface area contributed by atoms with Crippen molar-refractivity contribution in [3.8, 4) is 5.75 Å². The summed E-state index contributed by atoms with van der Waals surface area (Å²) < 4.78 is 38.2. The van der Waals surface area contributed by atoms with Gasteiger partial charge in [-0.15, -0.1) is 13.2 Å². The molecule has 7 heteroatoms. The number of anilines is 1. The van der Waals surface area contributed by atoms with Gasteiger partial charge in [-0.2, -0.15) is 0 Å². The van der Waals surface area contributed by atoms with E-state index in [9.17, 15) is 18.0 Å². The fraction of sp³-hybridized carbons (Fsp3) is 0.167. The third-order valence-corrected chi connectivity index (χ3v) is 1.12. The Balaban J connectivity index is 2.98. The van der Waals surface area contributed by atoms with Crippen LogP contribution in [-0.2, 0) is 0 Å². The van der Waals surface area contributed by atoms with Gasteiger partial charge >= 0.3 is 6.36 Å². The van der Waals surface area contributed by atoms with Crippen LogP contribution in [-0.4, -0.2) is 11.3 Å². The highest BCUT2D eigenvalue weighted by molar-refractivity contribution is 5.32. The molecule has 0 atom stereocenters. The number of nitrogens with two attached hydrogens (primary N) is 1. The summed E-state index contributed by atoms with van der Waals surface area (Å²) in [5.74, 6) is -0.860. The van der Waals surface area contributed by atoms with Crippen molar-refractivity contribution in [2.45, 2.75) is 6.36 Å². The molecule has 1 aromatic rings. The topological polar surface area (TPSA) is 68.1 Å². The van der Waals surface area contributed by atoms with Gasteiger partial charge in [-0.3, -0.25) is 4.79 Å². The summed E-state index contributed by atoms with van der Waals surface area (Å²) in [6.45, 7) is 0. The van der Waals surface area contributed by atoms with Crippen molar-refractivity contribution < 1.29 is 17.9 Å². The summed E-state index contributed by atoms with van der Waals surface area (Å²) in [7, 11) is 0. The van der Waals surface area contributed by atoms with Crippen molar-refractivity contribution in [2.75, 3.05) is 5.73 Å². The number of rotatable bonds is 1. The van der Waals surface area contributed by atoms with E-state index >= 15 is 0 Å². The number of nitrogen functional groups attached to an aromatic ring is 1. The highest BCUT2D eigenvalue weighted by Gasteiger charge is 2.32. The molecular formula is C6H5F3N2O2. The smallest absolute Gasteiger partial charge is 0.400 e. The maximum Gasteiger partial charge on any atom is 0.573 e. The molecule has 0 bridgehead atoms. The number of hydrogen-bond donors (Lipinski definition) is 2. The normalized spacial score (nSPS) is 11.3. The van der Waals surface area contributed by atoms with E-state index in [1.54, 1.807) is 0 Å². The van der Waals surface area contributed by atoms with Crippen molar-refractivity contribution >= 4 is 5.82 Å². The number of aromatic nitrogens is 1. The first kappa shape index (κ1) is 9.43. The van der Waals surface area contributed by atoms with Gasteiger partial charge in [0.05, 0.1) is 0 Å². The van der Waals surface area contributed by atoms with E-state index < -0.39 is 17.7 Å². The van der Waals surface area contributed by atoms with Gasteiger partial charge in [0, 0.05) is 0 Å². The lowest BCUT2D eigenvalue weighted by Gasteiger charge is -2.07. The molecular weight excluding hydrogens is 189 g/mol. The van der Waals surface area contributed by atoms with Crippen LogP contribution in [0.5, 0.6) is 5.75 Å². The second-order valence-electron chi connectivity index (χ2n) is 2.15. The number of pyridine rings is 1. The number of hydrogen-bond acceptors (Lipinski definition) is 3. The number of alkyl halides is 3. The van der Waals surface area contributed by atoms with E-state index in [1.807, 2.05) is 4.98 Å². The van der Waals surface area contributed by atoms with Gasteiger partial charge in [0.15, 0.2) is 5.75 Å². The van der Waals surface area contributed by atoms with Crippen LogP contribution in [0.4, 0.5) is 19.0 Å². The molecule has 0 aliphatic rings. The molecule has 0 fully saturated rings. The lowest BCUT2D eigenvalue weighted by molar-refractivity contribution is -0.275. The van der Waals surface area contributed by atoms with Gasteiger partial charge in [-0.1, -0.05) is 0 Å². The molecule has 0 saturated heterocycles. The molecule has 0 saturated carbocycles. The Labute approximate surface area is 70.1 Å². The highest BCUT2D eigenvalue weighted by Crippen LogP contribution is 2.19. The van der Waals surface area contributed by atoms with Crippen LogP contribution < -0.4 is 16.0 Å². The minimum absolute atomic E-state index is 0.0282. The molecule has 0 amide bonds. The number of halogens is 3. The molecule has 0 spiro atoms. The lowest BCUT2D eigenvalue weighted by atomic mass is 10.4. The Hall–Kier alpha value is -1.66. The molecule has 72 valence electrons. The minimum atomic E-state index is -4.87. The predicted molar refractivity (Wildman–Crippen MR) is 38.2 cm³/mol. The maximum atomic E-state index is 11.6. The highest BCUT2D eigenvalue weighted by atomic mass is 19.4. The quantitative estimate of drug-likeness (QED) is 0.696. The number of aromatic amines is 1. The molecule has 0 radical (unpaired) electrons. The van der Waals surface area contributed by atoms with Crippen LogP contribution in [0.2, 0.25) is 0 Å². The van der Waals surface area contributed by atoms with Crippen molar-refractivity contribution in [3.05, 3.63) is 22.5 Å². The molecule has 1 rings (SSSR count). The van der Waals surface area contributed by atoms with Crippen LogP contribution in [0.3, 0.4) is 0 Å². The van der Waals surface area contributed by atoms with E-state index in [2.05, 4.69) is 4.74 Å². The van der Waals surface area contributed by atoms with Gasteiger partial charge in [0.1, 0.15) is 5.82 Å². The molecule has 13 heavy (non-hydrogen) atoms. The zero-order valence-electron chi connectivity index (χ0n) is 6.18. The van der Waals surface area contributed by atoms with Crippen LogP contribution >= 0.6 is 0 Å². The molecule has 0 aromatic carbocycles. The predicted octanol–water partition coefficient (Wildman–Crippen LogP) is 0.856. The number of nitrogens with one attached hydrogen (secondary N) is 1. The lowest BCUT2D eigenvalue weighted by Crippen LogP contribution is -2.22. The fourth-order valence-corrected chi connectivity index (χ4v) is 0.681. The summed E-state index contributed by atoms with van der Waals surface area (Å²) in [6.07, 6.45) is -4.87. The van der Waals surface area contributed by atoms with Crippen molar-refractivity contribution in [1.29, 1.82) is 0 Å². The van der Waals surface area contributed by atoms with Crippen LogP contribution in [0.15, 0.2) is 16.9 Å². The van der Waals surface area contributed by atoms with Crippen molar-refractivity contribution in [1.82, 2.24) is 4.98 Å². The first-order valence-electron chi connectivity index (χ1n) is 3.13. The summed E-state index contributed by atoms with van der Waals surface area (Å²) in [5, 5.41) is 0. The molecule has 0 aliphatic carbocycles. The fourth-order valence-electron chi connectivity index (χ4n) is 0.681. The van der Waals surface area contributed by atoms with E-state index in [0.717, 1.165) is 12.1 Å². The molecule has 1 aromatic heterocycles. The zero-order valence-corrected chi connectivity index (χ0v) is 6.18. The molecule has 3 N–H and O–H groups in total. The SMILES string of the molecule is Nc1ccc(OC(F)(F)F)c(=O)[nH]1. The van der Waals surface area contributed by atoms with Crippen molar-refractivity contribution in [2.24, 2.45) is 0 Å². The second kappa shape index (κ2) is 3.00. The third kappa shape index (κ3) is 2.69. The van der Waals surface area contributed by atoms with Crippen molar-refractivity contribution in [3.63, 3.8) is 0 Å². The number of ether oxygens (including phenoxy) is 1. The first-order valence-corrected chi connectivity index (χ1v) is 3.13. The standard InChI is InChI=1S/C6H5F3N2O2/c7-6(8,9)13-3-1-2-4(10)11-5(3)12/h1-2H,(H3,10,11,12). The second-order valence-corrected chi connectivity index (χ2v) is 2.15. The van der Waals surface area contributed by atoms with E-state index in [0.29, 0.717) is 0 Å². The van der Waals surface area contributed by atoms with Gasteiger partial charge in [-0.05, 0) is 12.1 Å². The average molecular weight is 194 g/mol. The van der Waals surface area contributed by atoms with E-state index in [1.165, 1.54) is 0 Å². The monoisotopic (exact) mass is 194 g/mol. The Kier molecular flexibility index (Phi) is 2.18. The van der Waals surface area contributed by atoms with Gasteiger partial charge < -0.3 is 15.5 Å². The van der Waals surface area contributed by atoms with Crippen LogP contribution in [0, 0.1) is 0 Å². The van der Waals surface area contributed by atoms with Crippen LogP contribution in [0.25, 0.3) is 0 Å². The third-order valence-electron chi connectivity index (χ3n) is 1.12. The Morgan fingerprint density at radius 1 is 1.38 bits per heavy atom. The largest absolute Gasteiger partial charge is 0.573 e. The molecule has 4 nitrogen and oxygen atoms in total. The Morgan fingerprint density at radius 3 is 2.46 bits per heavy atom. The van der Waals surface area contributed by atoms with Gasteiger partial charge in [0.25, 0.3) is 5.56 Å². The van der Waals surface area contributed by atoms with Gasteiger partial charge in [-0.25, -0.2) is 0 Å². The molecule has 0 aliphatic heterocycles. The first-order chi connectivity index (χ1) is 5.88. The van der Waals surface area contributed by atoms with Gasteiger partial charge in [0.2, 0.25) is 0 Å². The summed E-state index contributed by atoms with van der Waals surface area (Å²) in [6, 6.07) is 1.95. The Bertz CT molecular complexity index is 358. The Morgan fingerprint density at radius 2 is 2.00 bits per heavy atom. The molecule has 1 heterocycles. The van der Waals surface area contributed by atoms with E-state index in [-0.39, 0.29) is 5.82 Å². The summed E-state index contributed by atoms with van der Waals surface area (Å²) in [4.78, 5) is 12.7. The maximum absolute atomic E-state index is 11.6. The van der Waals surface area contributed by atoms with E-state index in [4.69, 9.17) is 5.73 Å².